The predicted molar refractivity (Wildman–Crippen MR) is 115 cm³/mol. The van der Waals surface area contributed by atoms with Gasteiger partial charge in [-0.05, 0) is 68.5 Å². The number of phenols is 1. The van der Waals surface area contributed by atoms with E-state index in [0.29, 0.717) is 41.8 Å². The summed E-state index contributed by atoms with van der Waals surface area (Å²) >= 11 is 0. The van der Waals surface area contributed by atoms with Gasteiger partial charge in [0.25, 0.3) is 5.89 Å². The van der Waals surface area contributed by atoms with Gasteiger partial charge in [-0.2, -0.15) is 4.98 Å². The molecule has 0 saturated carbocycles. The van der Waals surface area contributed by atoms with Gasteiger partial charge in [-0.1, -0.05) is 11.2 Å². The van der Waals surface area contributed by atoms with Crippen LogP contribution in [0.5, 0.6) is 23.0 Å². The Balaban J connectivity index is 1.60. The van der Waals surface area contributed by atoms with E-state index in [4.69, 9.17) is 18.7 Å². The molecular weight excluding hydrogens is 396 g/mol. The van der Waals surface area contributed by atoms with Crippen molar-refractivity contribution in [1.29, 1.82) is 0 Å². The molecule has 31 heavy (non-hydrogen) atoms. The van der Waals surface area contributed by atoms with Crippen molar-refractivity contribution in [2.45, 2.75) is 52.6 Å². The van der Waals surface area contributed by atoms with Crippen molar-refractivity contribution in [2.75, 3.05) is 14.2 Å². The van der Waals surface area contributed by atoms with E-state index in [-0.39, 0.29) is 0 Å². The van der Waals surface area contributed by atoms with Gasteiger partial charge in [0.1, 0.15) is 11.5 Å². The normalized spacial score (nSPS) is 17.7. The highest BCUT2D eigenvalue weighted by atomic mass is 16.5. The molecule has 1 aromatic heterocycles. The van der Waals surface area contributed by atoms with E-state index in [0.717, 1.165) is 40.0 Å². The van der Waals surface area contributed by atoms with Crippen molar-refractivity contribution in [1.82, 2.24) is 10.1 Å². The van der Waals surface area contributed by atoms with Gasteiger partial charge in [0.2, 0.25) is 0 Å². The summed E-state index contributed by atoms with van der Waals surface area (Å²) in [6.45, 7) is 7.78. The Morgan fingerprint density at radius 2 is 1.81 bits per heavy atom. The third-order valence-electron chi connectivity index (χ3n) is 6.25. The zero-order valence-corrected chi connectivity index (χ0v) is 18.8. The Labute approximate surface area is 182 Å². The molecule has 0 saturated heterocycles. The summed E-state index contributed by atoms with van der Waals surface area (Å²) in [5.74, 6) is 3.52. The summed E-state index contributed by atoms with van der Waals surface area (Å²) in [4.78, 5) is 4.64. The minimum Gasteiger partial charge on any atom is -0.507 e. The fourth-order valence-corrected chi connectivity index (χ4v) is 4.11. The zero-order chi connectivity index (χ0) is 22.3. The van der Waals surface area contributed by atoms with Crippen LogP contribution in [0.25, 0.3) is 0 Å². The average molecular weight is 424 g/mol. The standard InChI is InChI=1S/C24H28N2O5/c1-13-14(2)22-17(15(3)21(13)27)9-10-24(4,30-22)23-25-20(26-31-23)12-16-7-8-18(28-5)19(11-16)29-6/h7-8,11,27H,9-10,12H2,1-6H3. The third-order valence-corrected chi connectivity index (χ3v) is 6.25. The molecule has 3 aromatic rings. The molecule has 7 heteroatoms. The maximum atomic E-state index is 10.4. The lowest BCUT2D eigenvalue weighted by Crippen LogP contribution is -2.35. The van der Waals surface area contributed by atoms with Crippen LogP contribution in [0.3, 0.4) is 0 Å². The van der Waals surface area contributed by atoms with Crippen molar-refractivity contribution in [3.05, 3.63) is 57.7 Å². The molecule has 7 nitrogen and oxygen atoms in total. The number of nitrogens with zero attached hydrogens (tertiary/aromatic N) is 2. The first-order valence-corrected chi connectivity index (χ1v) is 10.3. The second-order valence-electron chi connectivity index (χ2n) is 8.25. The van der Waals surface area contributed by atoms with Gasteiger partial charge in [0, 0.05) is 18.4 Å². The van der Waals surface area contributed by atoms with Gasteiger partial charge in [0.15, 0.2) is 22.9 Å². The maximum absolute atomic E-state index is 10.4. The van der Waals surface area contributed by atoms with E-state index in [9.17, 15) is 5.11 Å². The van der Waals surface area contributed by atoms with Crippen LogP contribution in [0.4, 0.5) is 0 Å². The van der Waals surface area contributed by atoms with Crippen molar-refractivity contribution >= 4 is 0 Å². The Bertz CT molecular complexity index is 1140. The van der Waals surface area contributed by atoms with Crippen LogP contribution in [0.15, 0.2) is 22.7 Å². The lowest BCUT2D eigenvalue weighted by atomic mass is 9.87. The molecule has 0 amide bonds. The molecule has 2 heterocycles. The van der Waals surface area contributed by atoms with E-state index in [1.165, 1.54) is 0 Å². The Kier molecular flexibility index (Phi) is 5.29. The number of ether oxygens (including phenoxy) is 3. The molecule has 0 aliphatic carbocycles. The second kappa shape index (κ2) is 7.80. The Morgan fingerprint density at radius 1 is 1.06 bits per heavy atom. The van der Waals surface area contributed by atoms with Gasteiger partial charge in [-0.25, -0.2) is 0 Å². The summed E-state index contributed by atoms with van der Waals surface area (Å²) in [5, 5.41) is 14.6. The van der Waals surface area contributed by atoms with E-state index in [2.05, 4.69) is 10.1 Å². The molecule has 1 aliphatic heterocycles. The lowest BCUT2D eigenvalue weighted by Gasteiger charge is -2.35. The molecule has 1 unspecified atom stereocenters. The smallest absolute Gasteiger partial charge is 0.270 e. The molecule has 0 spiro atoms. The molecular formula is C24H28N2O5. The molecule has 164 valence electrons. The molecule has 1 N–H and O–H groups in total. The van der Waals surface area contributed by atoms with Crippen LogP contribution in [-0.2, 0) is 18.4 Å². The van der Waals surface area contributed by atoms with Crippen molar-refractivity contribution in [3.8, 4) is 23.0 Å². The molecule has 0 fully saturated rings. The van der Waals surface area contributed by atoms with Crippen molar-refractivity contribution in [3.63, 3.8) is 0 Å². The van der Waals surface area contributed by atoms with Gasteiger partial charge >= 0.3 is 0 Å². The molecule has 2 aromatic carbocycles. The van der Waals surface area contributed by atoms with E-state index < -0.39 is 5.60 Å². The number of hydrogen-bond donors (Lipinski definition) is 1. The quantitative estimate of drug-likeness (QED) is 0.643. The van der Waals surface area contributed by atoms with Crippen LogP contribution in [-0.4, -0.2) is 29.5 Å². The summed E-state index contributed by atoms with van der Waals surface area (Å²) < 4.78 is 22.7. The number of hydrogen-bond acceptors (Lipinski definition) is 7. The van der Waals surface area contributed by atoms with Crippen LogP contribution < -0.4 is 14.2 Å². The van der Waals surface area contributed by atoms with Crippen molar-refractivity contribution < 1.29 is 23.8 Å². The van der Waals surface area contributed by atoms with E-state index >= 15 is 0 Å². The lowest BCUT2D eigenvalue weighted by molar-refractivity contribution is 0.0280. The predicted octanol–water partition coefficient (Wildman–Crippen LogP) is 4.55. The number of methoxy groups -OCH3 is 2. The third kappa shape index (κ3) is 3.58. The summed E-state index contributed by atoms with van der Waals surface area (Å²) in [5.41, 5.74) is 3.95. The fraction of sp³-hybridized carbons (Fsp3) is 0.417. The minimum absolute atomic E-state index is 0.346. The monoisotopic (exact) mass is 424 g/mol. The molecule has 0 bridgehead atoms. The number of phenolic OH excluding ortho intramolecular Hbond substituents is 1. The molecule has 1 aliphatic rings. The topological polar surface area (TPSA) is 86.8 Å². The first kappa shape index (κ1) is 21.0. The number of benzene rings is 2. The van der Waals surface area contributed by atoms with Gasteiger partial charge in [-0.15, -0.1) is 0 Å². The zero-order valence-electron chi connectivity index (χ0n) is 18.8. The van der Waals surface area contributed by atoms with Crippen LogP contribution in [0.2, 0.25) is 0 Å². The van der Waals surface area contributed by atoms with E-state index in [1.54, 1.807) is 14.2 Å². The molecule has 1 atom stereocenters. The number of aromatic hydroxyl groups is 1. The SMILES string of the molecule is COc1ccc(Cc2noc(C3(C)CCc4c(C)c(O)c(C)c(C)c4O3)n2)cc1OC. The second-order valence-corrected chi connectivity index (χ2v) is 8.25. The summed E-state index contributed by atoms with van der Waals surface area (Å²) in [6, 6.07) is 5.72. The average Bonchev–Trinajstić information content (AvgIpc) is 3.25. The van der Waals surface area contributed by atoms with Crippen molar-refractivity contribution in [2.24, 2.45) is 0 Å². The van der Waals surface area contributed by atoms with Crippen LogP contribution >= 0.6 is 0 Å². The highest BCUT2D eigenvalue weighted by Crippen LogP contribution is 2.45. The van der Waals surface area contributed by atoms with Gasteiger partial charge in [0.05, 0.1) is 14.2 Å². The fourth-order valence-electron chi connectivity index (χ4n) is 4.11. The van der Waals surface area contributed by atoms with Crippen LogP contribution in [0.1, 0.15) is 52.9 Å². The molecule has 4 rings (SSSR count). The highest BCUT2D eigenvalue weighted by Gasteiger charge is 2.40. The Morgan fingerprint density at radius 3 is 2.52 bits per heavy atom. The van der Waals surface area contributed by atoms with Crippen LogP contribution in [0, 0.1) is 20.8 Å². The minimum atomic E-state index is -0.726. The summed E-state index contributed by atoms with van der Waals surface area (Å²) in [7, 11) is 3.22. The van der Waals surface area contributed by atoms with E-state index in [1.807, 2.05) is 45.9 Å². The maximum Gasteiger partial charge on any atom is 0.270 e. The summed E-state index contributed by atoms with van der Waals surface area (Å²) in [6.07, 6.45) is 1.95. The Hall–Kier alpha value is -3.22. The van der Waals surface area contributed by atoms with Gasteiger partial charge < -0.3 is 23.8 Å². The highest BCUT2D eigenvalue weighted by molar-refractivity contribution is 5.58. The first-order valence-electron chi connectivity index (χ1n) is 10.3. The molecule has 0 radical (unpaired) electrons. The largest absolute Gasteiger partial charge is 0.507 e. The van der Waals surface area contributed by atoms with Gasteiger partial charge in [-0.3, -0.25) is 0 Å². The number of aromatic nitrogens is 2. The number of fused-ring (bicyclic) bond motifs is 1. The number of rotatable bonds is 5. The first-order chi connectivity index (χ1) is 14.8.